The Balaban J connectivity index is 1.90. The van der Waals surface area contributed by atoms with E-state index in [4.69, 9.17) is 16.8 Å². The van der Waals surface area contributed by atoms with Crippen LogP contribution in [0.1, 0.15) is 11.3 Å². The van der Waals surface area contributed by atoms with Gasteiger partial charge in [-0.2, -0.15) is 0 Å². The van der Waals surface area contributed by atoms with Crippen molar-refractivity contribution in [2.75, 3.05) is 5.32 Å². The molecule has 0 bridgehead atoms. The molecule has 0 spiro atoms. The molecule has 162 valence electrons. The van der Waals surface area contributed by atoms with Crippen LogP contribution in [0.25, 0.3) is 10.9 Å². The van der Waals surface area contributed by atoms with E-state index in [9.17, 15) is 0 Å². The van der Waals surface area contributed by atoms with Crippen LogP contribution in [-0.4, -0.2) is 4.98 Å². The molecule has 5 aromatic rings. The van der Waals surface area contributed by atoms with Crippen molar-refractivity contribution in [1.82, 2.24) is 4.98 Å². The quantitative estimate of drug-likeness (QED) is 0.307. The van der Waals surface area contributed by atoms with Crippen molar-refractivity contribution in [3.63, 3.8) is 0 Å². The summed E-state index contributed by atoms with van der Waals surface area (Å²) in [5.74, 6) is 0. The lowest BCUT2D eigenvalue weighted by atomic mass is 10.1. The van der Waals surface area contributed by atoms with Gasteiger partial charge in [-0.3, -0.25) is 4.98 Å². The lowest BCUT2D eigenvalue weighted by Crippen LogP contribution is -2.29. The first-order valence-corrected chi connectivity index (χ1v) is 13.8. The lowest BCUT2D eigenvalue weighted by Gasteiger charge is -2.29. The monoisotopic (exact) mass is 464 g/mol. The van der Waals surface area contributed by atoms with Gasteiger partial charge < -0.3 is 5.32 Å². The maximum absolute atomic E-state index is 6.72. The normalized spacial score (nSPS) is 11.5. The number of aryl methyl sites for hydroxylation is 2. The lowest BCUT2D eigenvalue weighted by molar-refractivity contribution is 1.27. The Morgan fingerprint density at radius 2 is 1.24 bits per heavy atom. The third kappa shape index (κ3) is 3.99. The second-order valence-corrected chi connectivity index (χ2v) is 12.6. The Morgan fingerprint density at radius 1 is 0.697 bits per heavy atom. The van der Waals surface area contributed by atoms with Crippen LogP contribution in [0.3, 0.4) is 0 Å². The third-order valence-corrected chi connectivity index (χ3v) is 10.9. The predicted molar refractivity (Wildman–Crippen MR) is 147 cm³/mol. The Kier molecular flexibility index (Phi) is 5.85. The largest absolute Gasteiger partial charge is 0.354 e. The molecule has 0 saturated heterocycles. The molecule has 4 heteroatoms. The van der Waals surface area contributed by atoms with Gasteiger partial charge in [-0.15, -0.1) is 0 Å². The molecular weight excluding hydrogens is 439 g/mol. The van der Waals surface area contributed by atoms with E-state index in [1.54, 1.807) is 0 Å². The van der Waals surface area contributed by atoms with Crippen molar-refractivity contribution in [3.05, 3.63) is 120 Å². The summed E-state index contributed by atoms with van der Waals surface area (Å²) in [7, 11) is 0. The van der Waals surface area contributed by atoms with E-state index in [-0.39, 0.29) is 0 Å². The number of benzene rings is 4. The molecule has 1 heterocycles. The molecule has 33 heavy (non-hydrogen) atoms. The number of aromatic nitrogens is 1. The molecule has 5 rings (SSSR count). The first-order chi connectivity index (χ1) is 16.1. The summed E-state index contributed by atoms with van der Waals surface area (Å²) in [6.07, 6.45) is 0. The average Bonchev–Trinajstić information content (AvgIpc) is 2.86. The summed E-state index contributed by atoms with van der Waals surface area (Å²) in [5, 5.41) is 8.30. The summed E-state index contributed by atoms with van der Waals surface area (Å²) >= 11 is 6.72. The number of rotatable bonds is 5. The molecule has 0 saturated carbocycles. The predicted octanol–water partition coefficient (Wildman–Crippen LogP) is 6.35. The fraction of sp³-hybridized carbons (Fsp3) is 0.0690. The topological polar surface area (TPSA) is 24.9 Å². The third-order valence-electron chi connectivity index (χ3n) is 5.89. The van der Waals surface area contributed by atoms with E-state index in [2.05, 4.69) is 98.0 Å². The van der Waals surface area contributed by atoms with E-state index in [0.717, 1.165) is 33.3 Å². The zero-order valence-corrected chi connectivity index (χ0v) is 20.4. The molecule has 0 fully saturated rings. The highest BCUT2D eigenvalue weighted by Gasteiger charge is 2.31. The van der Waals surface area contributed by atoms with Gasteiger partial charge in [0.15, 0.2) is 0 Å². The first-order valence-electron chi connectivity index (χ1n) is 11.0. The van der Waals surface area contributed by atoms with E-state index >= 15 is 0 Å². The SMILES string of the molecule is Cc1ccc2nc(C)c(P(=S)(c3ccccc3)c3ccccc3)c(Nc3ccccc3)c2c1. The van der Waals surface area contributed by atoms with Gasteiger partial charge in [-0.1, -0.05) is 102 Å². The van der Waals surface area contributed by atoms with Crippen molar-refractivity contribution in [2.45, 2.75) is 13.8 Å². The molecule has 0 unspecified atom stereocenters. The number of nitrogens with one attached hydrogen (secondary N) is 1. The van der Waals surface area contributed by atoms with Gasteiger partial charge in [0.2, 0.25) is 0 Å². The van der Waals surface area contributed by atoms with Gasteiger partial charge in [-0.05, 0) is 48.7 Å². The number of para-hydroxylation sites is 1. The Morgan fingerprint density at radius 3 is 1.82 bits per heavy atom. The standard InChI is InChI=1S/C29H25N2PS/c1-21-18-19-27-26(20-21)28(31-23-12-6-3-7-13-23)29(22(2)30-27)32(33,24-14-8-4-9-15-24)25-16-10-5-11-17-25/h3-20H,1-2H3,(H,30,31). The van der Waals surface area contributed by atoms with Gasteiger partial charge in [0.05, 0.1) is 11.2 Å². The van der Waals surface area contributed by atoms with Crippen molar-refractivity contribution in [1.29, 1.82) is 0 Å². The molecule has 0 amide bonds. The Bertz CT molecular complexity index is 1420. The molecular formula is C29H25N2PS. The molecule has 0 aliphatic rings. The molecule has 0 aliphatic heterocycles. The highest BCUT2D eigenvalue weighted by atomic mass is 32.4. The molecule has 0 atom stereocenters. The summed E-state index contributed by atoms with van der Waals surface area (Å²) in [5.41, 5.74) is 5.24. The van der Waals surface area contributed by atoms with Gasteiger partial charge in [0.25, 0.3) is 0 Å². The van der Waals surface area contributed by atoms with Crippen LogP contribution in [0, 0.1) is 13.8 Å². The van der Waals surface area contributed by atoms with Crippen LogP contribution >= 0.6 is 6.04 Å². The van der Waals surface area contributed by atoms with Crippen LogP contribution < -0.4 is 21.2 Å². The number of hydrogen-bond donors (Lipinski definition) is 1. The summed E-state index contributed by atoms with van der Waals surface area (Å²) < 4.78 is 0. The Hall–Kier alpha value is -3.26. The number of anilines is 2. The second kappa shape index (κ2) is 8.94. The molecule has 2 nitrogen and oxygen atoms in total. The average molecular weight is 465 g/mol. The van der Waals surface area contributed by atoms with Crippen molar-refractivity contribution in [3.8, 4) is 0 Å². The highest BCUT2D eigenvalue weighted by molar-refractivity contribution is 8.25. The minimum absolute atomic E-state index is 0.973. The maximum Gasteiger partial charge on any atom is 0.0726 e. The zero-order chi connectivity index (χ0) is 22.8. The number of hydrogen-bond acceptors (Lipinski definition) is 3. The highest BCUT2D eigenvalue weighted by Crippen LogP contribution is 2.47. The van der Waals surface area contributed by atoms with Crippen LogP contribution in [0.15, 0.2) is 109 Å². The summed E-state index contributed by atoms with van der Waals surface area (Å²) in [6.45, 7) is 4.22. The van der Waals surface area contributed by atoms with Crippen LogP contribution in [0.2, 0.25) is 0 Å². The second-order valence-electron chi connectivity index (χ2n) is 8.21. The smallest absolute Gasteiger partial charge is 0.0726 e. The molecule has 0 radical (unpaired) electrons. The minimum atomic E-state index is -2.40. The van der Waals surface area contributed by atoms with E-state index < -0.39 is 6.04 Å². The van der Waals surface area contributed by atoms with E-state index in [0.29, 0.717) is 0 Å². The van der Waals surface area contributed by atoms with Gasteiger partial charge in [0.1, 0.15) is 0 Å². The van der Waals surface area contributed by atoms with Crippen LogP contribution in [0.5, 0.6) is 0 Å². The van der Waals surface area contributed by atoms with E-state index in [1.165, 1.54) is 16.2 Å². The summed E-state index contributed by atoms with van der Waals surface area (Å²) in [4.78, 5) is 5.06. The minimum Gasteiger partial charge on any atom is -0.354 e. The zero-order valence-electron chi connectivity index (χ0n) is 18.7. The fourth-order valence-corrected chi connectivity index (χ4v) is 8.75. The van der Waals surface area contributed by atoms with E-state index in [1.807, 2.05) is 30.3 Å². The molecule has 4 aromatic carbocycles. The van der Waals surface area contributed by atoms with Gasteiger partial charge in [0, 0.05) is 28.1 Å². The molecule has 1 aromatic heterocycles. The molecule has 0 aliphatic carbocycles. The van der Waals surface area contributed by atoms with Crippen molar-refractivity contribution >= 4 is 56.0 Å². The Labute approximate surface area is 200 Å². The van der Waals surface area contributed by atoms with Gasteiger partial charge in [-0.25, -0.2) is 0 Å². The van der Waals surface area contributed by atoms with Crippen molar-refractivity contribution in [2.24, 2.45) is 0 Å². The van der Waals surface area contributed by atoms with Crippen LogP contribution in [0.4, 0.5) is 11.4 Å². The number of nitrogens with zero attached hydrogens (tertiary/aromatic N) is 1. The molecule has 1 N–H and O–H groups in total. The fourth-order valence-electron chi connectivity index (χ4n) is 4.35. The van der Waals surface area contributed by atoms with Crippen LogP contribution in [-0.2, 0) is 11.8 Å². The number of pyridine rings is 1. The van der Waals surface area contributed by atoms with Crippen molar-refractivity contribution < 1.29 is 0 Å². The maximum atomic E-state index is 6.72. The summed E-state index contributed by atoms with van der Waals surface area (Å²) in [6, 6.07) is 35.4. The number of fused-ring (bicyclic) bond motifs is 1. The van der Waals surface area contributed by atoms with Gasteiger partial charge >= 0.3 is 0 Å². The first kappa shape index (κ1) is 21.6.